The summed E-state index contributed by atoms with van der Waals surface area (Å²) in [4.78, 5) is 11.4. The molecule has 0 fully saturated rings. The SMILES string of the molecule is CCOC(=O)c1ccc(CNc2ccc(C)cc2)o1. The number of rotatable bonds is 5. The first kappa shape index (κ1) is 13.2. The lowest BCUT2D eigenvalue weighted by Gasteiger charge is -2.04. The highest BCUT2D eigenvalue weighted by atomic mass is 16.5. The summed E-state index contributed by atoms with van der Waals surface area (Å²) in [6.45, 7) is 4.68. The molecular formula is C15H17NO3. The molecule has 0 radical (unpaired) electrons. The lowest BCUT2D eigenvalue weighted by molar-refractivity contribution is 0.0488. The Morgan fingerprint density at radius 1 is 1.21 bits per heavy atom. The van der Waals surface area contributed by atoms with E-state index < -0.39 is 5.97 Å². The minimum atomic E-state index is -0.427. The van der Waals surface area contributed by atoms with Gasteiger partial charge in [0.05, 0.1) is 13.2 Å². The van der Waals surface area contributed by atoms with Gasteiger partial charge in [-0.05, 0) is 38.1 Å². The Hall–Kier alpha value is -2.23. The summed E-state index contributed by atoms with van der Waals surface area (Å²) in [5, 5.41) is 3.23. The maximum absolute atomic E-state index is 11.4. The Bertz CT molecular complexity index is 543. The molecular weight excluding hydrogens is 242 g/mol. The Morgan fingerprint density at radius 3 is 2.63 bits per heavy atom. The number of ether oxygens (including phenoxy) is 1. The second kappa shape index (κ2) is 6.09. The van der Waals surface area contributed by atoms with Crippen molar-refractivity contribution in [3.8, 4) is 0 Å². The van der Waals surface area contributed by atoms with Crippen molar-refractivity contribution < 1.29 is 13.9 Å². The molecule has 0 spiro atoms. The molecule has 0 aliphatic rings. The van der Waals surface area contributed by atoms with Crippen LogP contribution in [0.2, 0.25) is 0 Å². The number of hydrogen-bond donors (Lipinski definition) is 1. The van der Waals surface area contributed by atoms with Gasteiger partial charge >= 0.3 is 5.97 Å². The molecule has 0 unspecified atom stereocenters. The van der Waals surface area contributed by atoms with E-state index in [-0.39, 0.29) is 5.76 Å². The van der Waals surface area contributed by atoms with Crippen LogP contribution < -0.4 is 5.32 Å². The summed E-state index contributed by atoms with van der Waals surface area (Å²) in [5.41, 5.74) is 2.23. The van der Waals surface area contributed by atoms with Crippen LogP contribution in [0.4, 0.5) is 5.69 Å². The molecule has 4 nitrogen and oxygen atoms in total. The highest BCUT2D eigenvalue weighted by Crippen LogP contribution is 2.13. The average Bonchev–Trinajstić information content (AvgIpc) is 2.87. The van der Waals surface area contributed by atoms with Crippen LogP contribution in [0, 0.1) is 6.92 Å². The summed E-state index contributed by atoms with van der Waals surface area (Å²) in [6, 6.07) is 11.5. The fraction of sp³-hybridized carbons (Fsp3) is 0.267. The largest absolute Gasteiger partial charge is 0.460 e. The Kier molecular flexibility index (Phi) is 4.23. The zero-order valence-electron chi connectivity index (χ0n) is 11.1. The summed E-state index contributed by atoms with van der Waals surface area (Å²) >= 11 is 0. The van der Waals surface area contributed by atoms with Crippen molar-refractivity contribution in [2.24, 2.45) is 0 Å². The molecule has 0 aliphatic heterocycles. The van der Waals surface area contributed by atoms with E-state index in [0.29, 0.717) is 18.9 Å². The Labute approximate surface area is 112 Å². The second-order valence-electron chi connectivity index (χ2n) is 4.21. The van der Waals surface area contributed by atoms with Gasteiger partial charge < -0.3 is 14.5 Å². The molecule has 0 bridgehead atoms. The minimum absolute atomic E-state index is 0.238. The van der Waals surface area contributed by atoms with E-state index in [9.17, 15) is 4.79 Å². The van der Waals surface area contributed by atoms with Gasteiger partial charge in [-0.25, -0.2) is 4.79 Å². The molecule has 4 heteroatoms. The fourth-order valence-electron chi connectivity index (χ4n) is 1.65. The number of aryl methyl sites for hydroxylation is 1. The van der Waals surface area contributed by atoms with Crippen molar-refractivity contribution in [3.63, 3.8) is 0 Å². The smallest absolute Gasteiger partial charge is 0.374 e. The predicted octanol–water partition coefficient (Wildman–Crippen LogP) is 3.38. The normalized spacial score (nSPS) is 10.2. The van der Waals surface area contributed by atoms with Crippen molar-refractivity contribution in [2.75, 3.05) is 11.9 Å². The summed E-state index contributed by atoms with van der Waals surface area (Å²) in [5.74, 6) is 0.510. The van der Waals surface area contributed by atoms with Crippen LogP contribution in [-0.4, -0.2) is 12.6 Å². The van der Waals surface area contributed by atoms with E-state index in [4.69, 9.17) is 9.15 Å². The van der Waals surface area contributed by atoms with Gasteiger partial charge in [0.25, 0.3) is 0 Å². The molecule has 0 amide bonds. The van der Waals surface area contributed by atoms with E-state index in [1.54, 1.807) is 19.1 Å². The molecule has 0 saturated heterocycles. The number of nitrogens with one attached hydrogen (secondary N) is 1. The molecule has 19 heavy (non-hydrogen) atoms. The van der Waals surface area contributed by atoms with Crippen molar-refractivity contribution in [1.29, 1.82) is 0 Å². The van der Waals surface area contributed by atoms with Gasteiger partial charge in [-0.2, -0.15) is 0 Å². The van der Waals surface area contributed by atoms with Gasteiger partial charge in [-0.3, -0.25) is 0 Å². The third-order valence-electron chi connectivity index (χ3n) is 2.66. The molecule has 0 atom stereocenters. The fourth-order valence-corrected chi connectivity index (χ4v) is 1.65. The zero-order chi connectivity index (χ0) is 13.7. The van der Waals surface area contributed by atoms with Gasteiger partial charge in [0, 0.05) is 5.69 Å². The van der Waals surface area contributed by atoms with Crippen molar-refractivity contribution in [2.45, 2.75) is 20.4 Å². The quantitative estimate of drug-likeness (QED) is 0.836. The lowest BCUT2D eigenvalue weighted by atomic mass is 10.2. The van der Waals surface area contributed by atoms with Crippen LogP contribution in [-0.2, 0) is 11.3 Å². The second-order valence-corrected chi connectivity index (χ2v) is 4.21. The van der Waals surface area contributed by atoms with Crippen LogP contribution in [0.3, 0.4) is 0 Å². The van der Waals surface area contributed by atoms with Crippen molar-refractivity contribution in [3.05, 3.63) is 53.5 Å². The summed E-state index contributed by atoms with van der Waals surface area (Å²) in [7, 11) is 0. The molecule has 1 aromatic heterocycles. The highest BCUT2D eigenvalue weighted by molar-refractivity contribution is 5.86. The number of carbonyl (C=O) groups excluding carboxylic acids is 1. The molecule has 2 rings (SSSR count). The van der Waals surface area contributed by atoms with Gasteiger partial charge in [0.1, 0.15) is 5.76 Å². The first-order chi connectivity index (χ1) is 9.19. The number of esters is 1. The van der Waals surface area contributed by atoms with E-state index in [1.807, 2.05) is 31.2 Å². The number of anilines is 1. The Balaban J connectivity index is 1.93. The molecule has 0 aliphatic carbocycles. The first-order valence-corrected chi connectivity index (χ1v) is 6.25. The monoisotopic (exact) mass is 259 g/mol. The standard InChI is InChI=1S/C15H17NO3/c1-3-18-15(17)14-9-8-13(19-14)10-16-12-6-4-11(2)5-7-12/h4-9,16H,3,10H2,1-2H3. The van der Waals surface area contributed by atoms with E-state index in [1.165, 1.54) is 5.56 Å². The van der Waals surface area contributed by atoms with Gasteiger partial charge in [-0.15, -0.1) is 0 Å². The lowest BCUT2D eigenvalue weighted by Crippen LogP contribution is -2.03. The number of hydrogen-bond acceptors (Lipinski definition) is 4. The summed E-state index contributed by atoms with van der Waals surface area (Å²) < 4.78 is 10.3. The van der Waals surface area contributed by atoms with Crippen LogP contribution in [0.5, 0.6) is 0 Å². The molecule has 1 heterocycles. The van der Waals surface area contributed by atoms with Crippen molar-refractivity contribution in [1.82, 2.24) is 0 Å². The van der Waals surface area contributed by atoms with Crippen LogP contribution in [0.1, 0.15) is 28.8 Å². The molecule has 1 aromatic carbocycles. The average molecular weight is 259 g/mol. The topological polar surface area (TPSA) is 51.5 Å². The third kappa shape index (κ3) is 3.61. The number of carbonyl (C=O) groups is 1. The number of furan rings is 1. The van der Waals surface area contributed by atoms with E-state index in [0.717, 1.165) is 5.69 Å². The molecule has 1 N–H and O–H groups in total. The maximum Gasteiger partial charge on any atom is 0.374 e. The highest BCUT2D eigenvalue weighted by Gasteiger charge is 2.11. The molecule has 100 valence electrons. The minimum Gasteiger partial charge on any atom is -0.460 e. The third-order valence-corrected chi connectivity index (χ3v) is 2.66. The summed E-state index contributed by atoms with van der Waals surface area (Å²) in [6.07, 6.45) is 0. The zero-order valence-corrected chi connectivity index (χ0v) is 11.1. The maximum atomic E-state index is 11.4. The van der Waals surface area contributed by atoms with Crippen LogP contribution in [0.25, 0.3) is 0 Å². The first-order valence-electron chi connectivity index (χ1n) is 6.25. The van der Waals surface area contributed by atoms with Gasteiger partial charge in [0.15, 0.2) is 0 Å². The Morgan fingerprint density at radius 2 is 1.95 bits per heavy atom. The van der Waals surface area contributed by atoms with E-state index in [2.05, 4.69) is 5.32 Å². The van der Waals surface area contributed by atoms with Gasteiger partial charge in [0.2, 0.25) is 5.76 Å². The van der Waals surface area contributed by atoms with Gasteiger partial charge in [-0.1, -0.05) is 17.7 Å². The molecule has 0 saturated carbocycles. The van der Waals surface area contributed by atoms with Crippen LogP contribution in [0.15, 0.2) is 40.8 Å². The van der Waals surface area contributed by atoms with Crippen LogP contribution >= 0.6 is 0 Å². The molecule has 2 aromatic rings. The van der Waals surface area contributed by atoms with Crippen molar-refractivity contribution >= 4 is 11.7 Å². The predicted molar refractivity (Wildman–Crippen MR) is 73.2 cm³/mol. The van der Waals surface area contributed by atoms with E-state index >= 15 is 0 Å². The number of benzene rings is 1.